The summed E-state index contributed by atoms with van der Waals surface area (Å²) in [6, 6.07) is 13.1. The van der Waals surface area contributed by atoms with Gasteiger partial charge >= 0.3 is 0 Å². The second-order valence-corrected chi connectivity index (χ2v) is 8.22. The van der Waals surface area contributed by atoms with E-state index in [1.807, 2.05) is 12.1 Å². The van der Waals surface area contributed by atoms with Gasteiger partial charge in [-0.15, -0.1) is 0 Å². The summed E-state index contributed by atoms with van der Waals surface area (Å²) in [6.45, 7) is 1.14. The van der Waals surface area contributed by atoms with Gasteiger partial charge in [0.2, 0.25) is 0 Å². The van der Waals surface area contributed by atoms with Gasteiger partial charge < -0.3 is 23.9 Å². The SMILES string of the molecule is COc1ccc(OC)c(-c2cc(C(=O)N3CCc4[nH]c5c(Br)cccc5c4C3)no2)c1. The average Bonchev–Trinajstić information content (AvgIpc) is 3.44. The number of H-pyrrole nitrogens is 1. The van der Waals surface area contributed by atoms with Gasteiger partial charge in [-0.3, -0.25) is 4.79 Å². The molecule has 0 aliphatic carbocycles. The molecule has 4 aromatic rings. The van der Waals surface area contributed by atoms with Crippen molar-refractivity contribution in [3.8, 4) is 22.8 Å². The summed E-state index contributed by atoms with van der Waals surface area (Å²) < 4.78 is 17.2. The summed E-state index contributed by atoms with van der Waals surface area (Å²) in [5.74, 6) is 1.57. The standard InChI is InChI=1S/C23H20BrN3O4/c1-29-13-6-7-20(30-2)15(10-13)21-11-19(26-31-21)23(28)27-9-8-18-16(12-27)14-4-3-5-17(24)22(14)25-18/h3-7,10-11,25H,8-9,12H2,1-2H3. The number of aromatic amines is 1. The molecule has 2 aromatic carbocycles. The van der Waals surface area contributed by atoms with Crippen LogP contribution in [0, 0.1) is 0 Å². The molecule has 0 radical (unpaired) electrons. The van der Waals surface area contributed by atoms with E-state index in [4.69, 9.17) is 14.0 Å². The van der Waals surface area contributed by atoms with Gasteiger partial charge in [-0.25, -0.2) is 0 Å². The fourth-order valence-corrected chi connectivity index (χ4v) is 4.51. The van der Waals surface area contributed by atoms with E-state index in [0.29, 0.717) is 35.9 Å². The molecule has 2 aromatic heterocycles. The quantitative estimate of drug-likeness (QED) is 0.452. The predicted octanol–water partition coefficient (Wildman–Crippen LogP) is 4.80. The molecule has 0 spiro atoms. The Labute approximate surface area is 187 Å². The van der Waals surface area contributed by atoms with Gasteiger partial charge in [0.1, 0.15) is 11.5 Å². The van der Waals surface area contributed by atoms with E-state index in [1.165, 1.54) is 5.69 Å². The maximum absolute atomic E-state index is 13.2. The summed E-state index contributed by atoms with van der Waals surface area (Å²) in [5, 5.41) is 5.17. The van der Waals surface area contributed by atoms with Gasteiger partial charge in [0.05, 0.1) is 25.3 Å². The molecule has 0 fully saturated rings. The number of fused-ring (bicyclic) bond motifs is 3. The van der Waals surface area contributed by atoms with Crippen LogP contribution >= 0.6 is 15.9 Å². The van der Waals surface area contributed by atoms with Crippen LogP contribution in [-0.2, 0) is 13.0 Å². The lowest BCUT2D eigenvalue weighted by atomic mass is 10.0. The number of hydrogen-bond acceptors (Lipinski definition) is 5. The van der Waals surface area contributed by atoms with E-state index < -0.39 is 0 Å². The lowest BCUT2D eigenvalue weighted by molar-refractivity contribution is 0.0724. The minimum absolute atomic E-state index is 0.160. The van der Waals surface area contributed by atoms with E-state index >= 15 is 0 Å². The Bertz CT molecular complexity index is 1290. The first kappa shape index (κ1) is 19.7. The highest BCUT2D eigenvalue weighted by molar-refractivity contribution is 9.10. The van der Waals surface area contributed by atoms with Crippen molar-refractivity contribution in [3.63, 3.8) is 0 Å². The van der Waals surface area contributed by atoms with Crippen LogP contribution in [0.15, 0.2) is 51.5 Å². The topological polar surface area (TPSA) is 80.6 Å². The van der Waals surface area contributed by atoms with Gasteiger partial charge in [0.25, 0.3) is 5.91 Å². The third-order valence-electron chi connectivity index (χ3n) is 5.65. The van der Waals surface area contributed by atoms with E-state index in [9.17, 15) is 4.79 Å². The second kappa shape index (κ2) is 7.77. The third kappa shape index (κ3) is 3.37. The molecule has 3 heterocycles. The predicted molar refractivity (Wildman–Crippen MR) is 119 cm³/mol. The van der Waals surface area contributed by atoms with Crippen molar-refractivity contribution in [1.82, 2.24) is 15.0 Å². The lowest BCUT2D eigenvalue weighted by Gasteiger charge is -2.26. The number of methoxy groups -OCH3 is 2. The van der Waals surface area contributed by atoms with Crippen molar-refractivity contribution in [2.75, 3.05) is 20.8 Å². The summed E-state index contributed by atoms with van der Waals surface area (Å²) in [7, 11) is 3.17. The monoisotopic (exact) mass is 481 g/mol. The van der Waals surface area contributed by atoms with Crippen molar-refractivity contribution in [2.24, 2.45) is 0 Å². The number of carbonyl (C=O) groups is 1. The molecular weight excluding hydrogens is 462 g/mol. The number of hydrogen-bond donors (Lipinski definition) is 1. The number of carbonyl (C=O) groups excluding carboxylic acids is 1. The number of halogens is 1. The Kier molecular flexibility index (Phi) is 4.94. The summed E-state index contributed by atoms with van der Waals surface area (Å²) in [5.41, 5.74) is 4.33. The van der Waals surface area contributed by atoms with Crippen LogP contribution in [0.5, 0.6) is 11.5 Å². The maximum atomic E-state index is 13.2. The molecule has 8 heteroatoms. The number of aromatic nitrogens is 2. The van der Waals surface area contributed by atoms with Crippen molar-refractivity contribution >= 4 is 32.7 Å². The minimum Gasteiger partial charge on any atom is -0.497 e. The highest BCUT2D eigenvalue weighted by Crippen LogP contribution is 2.35. The molecule has 1 N–H and O–H groups in total. The first-order chi connectivity index (χ1) is 15.1. The highest BCUT2D eigenvalue weighted by atomic mass is 79.9. The van der Waals surface area contributed by atoms with Crippen molar-refractivity contribution in [3.05, 3.63) is 63.9 Å². The van der Waals surface area contributed by atoms with Crippen molar-refractivity contribution in [1.29, 1.82) is 0 Å². The molecule has 0 bridgehead atoms. The Balaban J connectivity index is 1.43. The molecule has 1 amide bonds. The van der Waals surface area contributed by atoms with Crippen LogP contribution in [0.2, 0.25) is 0 Å². The van der Waals surface area contributed by atoms with Gasteiger partial charge in [-0.2, -0.15) is 0 Å². The Hall–Kier alpha value is -3.26. The zero-order chi connectivity index (χ0) is 21.5. The first-order valence-electron chi connectivity index (χ1n) is 9.85. The maximum Gasteiger partial charge on any atom is 0.276 e. The minimum atomic E-state index is -0.160. The smallest absolute Gasteiger partial charge is 0.276 e. The summed E-state index contributed by atoms with van der Waals surface area (Å²) in [6.07, 6.45) is 0.761. The van der Waals surface area contributed by atoms with E-state index in [-0.39, 0.29) is 11.6 Å². The molecule has 0 saturated heterocycles. The largest absolute Gasteiger partial charge is 0.497 e. The molecule has 31 heavy (non-hydrogen) atoms. The second-order valence-electron chi connectivity index (χ2n) is 7.36. The van der Waals surface area contributed by atoms with E-state index in [0.717, 1.165) is 27.4 Å². The van der Waals surface area contributed by atoms with Crippen LogP contribution in [0.3, 0.4) is 0 Å². The number of para-hydroxylation sites is 1. The summed E-state index contributed by atoms with van der Waals surface area (Å²) in [4.78, 5) is 18.5. The average molecular weight is 482 g/mol. The number of amides is 1. The molecule has 5 rings (SSSR count). The van der Waals surface area contributed by atoms with Crippen LogP contribution in [0.25, 0.3) is 22.2 Å². The van der Waals surface area contributed by atoms with Gasteiger partial charge in [-0.05, 0) is 40.2 Å². The summed E-state index contributed by atoms with van der Waals surface area (Å²) >= 11 is 3.60. The molecule has 1 aliphatic rings. The Morgan fingerprint density at radius 2 is 2.06 bits per heavy atom. The number of ether oxygens (including phenoxy) is 2. The van der Waals surface area contributed by atoms with Crippen LogP contribution in [0.4, 0.5) is 0 Å². The van der Waals surface area contributed by atoms with Crippen LogP contribution < -0.4 is 9.47 Å². The van der Waals surface area contributed by atoms with Crippen molar-refractivity contribution in [2.45, 2.75) is 13.0 Å². The normalized spacial score (nSPS) is 13.3. The number of benzene rings is 2. The van der Waals surface area contributed by atoms with Gasteiger partial charge in [0, 0.05) is 46.7 Å². The van der Waals surface area contributed by atoms with Gasteiger partial charge in [-0.1, -0.05) is 17.3 Å². The Morgan fingerprint density at radius 1 is 1.19 bits per heavy atom. The fourth-order valence-electron chi connectivity index (χ4n) is 4.05. The molecule has 7 nitrogen and oxygen atoms in total. The fraction of sp³-hybridized carbons (Fsp3) is 0.217. The highest BCUT2D eigenvalue weighted by Gasteiger charge is 2.27. The number of nitrogens with one attached hydrogen (secondary N) is 1. The number of rotatable bonds is 4. The van der Waals surface area contributed by atoms with Gasteiger partial charge in [0.15, 0.2) is 11.5 Å². The molecule has 158 valence electrons. The first-order valence-corrected chi connectivity index (χ1v) is 10.6. The Morgan fingerprint density at radius 3 is 2.87 bits per heavy atom. The van der Waals surface area contributed by atoms with Crippen LogP contribution in [0.1, 0.15) is 21.7 Å². The molecular formula is C23H20BrN3O4. The lowest BCUT2D eigenvalue weighted by Crippen LogP contribution is -2.35. The number of nitrogens with zero attached hydrogens (tertiary/aromatic N) is 2. The zero-order valence-corrected chi connectivity index (χ0v) is 18.7. The molecule has 1 aliphatic heterocycles. The molecule has 0 saturated carbocycles. The van der Waals surface area contributed by atoms with E-state index in [1.54, 1.807) is 43.4 Å². The van der Waals surface area contributed by atoms with Crippen molar-refractivity contribution < 1.29 is 18.8 Å². The zero-order valence-electron chi connectivity index (χ0n) is 17.1. The van der Waals surface area contributed by atoms with Crippen LogP contribution in [-0.4, -0.2) is 41.7 Å². The molecule has 0 unspecified atom stereocenters. The third-order valence-corrected chi connectivity index (χ3v) is 6.31. The van der Waals surface area contributed by atoms with E-state index in [2.05, 4.69) is 32.1 Å². The molecule has 0 atom stereocenters.